The third-order valence-corrected chi connectivity index (χ3v) is 8.93. The fraction of sp³-hybridized carbons (Fsp3) is 0.269. The Labute approximate surface area is 235 Å². The van der Waals surface area contributed by atoms with E-state index in [1.807, 2.05) is 5.38 Å². The van der Waals surface area contributed by atoms with E-state index in [1.165, 1.54) is 34.8 Å². The first-order chi connectivity index (χ1) is 18.9. The summed E-state index contributed by atoms with van der Waals surface area (Å²) in [6.45, 7) is 2.08. The molecule has 0 unspecified atom stereocenters. The van der Waals surface area contributed by atoms with Crippen molar-refractivity contribution in [3.63, 3.8) is 0 Å². The van der Waals surface area contributed by atoms with Gasteiger partial charge in [-0.25, -0.2) is 9.18 Å². The van der Waals surface area contributed by atoms with Crippen molar-refractivity contribution in [2.75, 3.05) is 17.7 Å². The second kappa shape index (κ2) is 12.1. The standard InChI is InChI=1S/C26H24FN5O4S3/c1-2-36-25(35)22-17-5-3-6-18(17)39-24(22)29-21(33)14-38-26-31-30-20(13-28-23(34)19-7-4-12-37-19)32(26)16-10-8-15(27)9-11-16/h4,7-12H,2-3,5-6,13-14H2,1H3,(H,28,34)(H,29,33). The molecule has 0 aliphatic heterocycles. The van der Waals surface area contributed by atoms with Gasteiger partial charge in [0.05, 0.1) is 29.3 Å². The van der Waals surface area contributed by atoms with E-state index in [1.54, 1.807) is 35.8 Å². The van der Waals surface area contributed by atoms with E-state index in [0.717, 1.165) is 41.5 Å². The number of anilines is 1. The number of thiophene rings is 2. The van der Waals surface area contributed by atoms with Gasteiger partial charge in [0.1, 0.15) is 10.8 Å². The average molecular weight is 586 g/mol. The smallest absolute Gasteiger partial charge is 0.341 e. The Bertz CT molecular complexity index is 1500. The Kier molecular flexibility index (Phi) is 8.38. The van der Waals surface area contributed by atoms with Crippen LogP contribution in [-0.4, -0.2) is 44.9 Å². The SMILES string of the molecule is CCOC(=O)c1c(NC(=O)CSc2nnc(CNC(=O)c3cccs3)n2-c2ccc(F)cc2)sc2c1CCC2. The maximum Gasteiger partial charge on any atom is 0.341 e. The zero-order chi connectivity index (χ0) is 27.4. The minimum Gasteiger partial charge on any atom is -0.462 e. The quantitative estimate of drug-likeness (QED) is 0.202. The van der Waals surface area contributed by atoms with Gasteiger partial charge in [-0.1, -0.05) is 17.8 Å². The normalized spacial score (nSPS) is 12.3. The molecule has 0 saturated heterocycles. The maximum atomic E-state index is 13.6. The molecule has 4 aromatic rings. The maximum absolute atomic E-state index is 13.6. The summed E-state index contributed by atoms with van der Waals surface area (Å²) in [5.74, 6) is -0.961. The van der Waals surface area contributed by atoms with E-state index >= 15 is 0 Å². The number of nitrogens with zero attached hydrogens (tertiary/aromatic N) is 3. The summed E-state index contributed by atoms with van der Waals surface area (Å²) < 4.78 is 20.5. The highest BCUT2D eigenvalue weighted by atomic mass is 32.2. The molecule has 1 aliphatic rings. The van der Waals surface area contributed by atoms with Crippen molar-refractivity contribution in [2.45, 2.75) is 37.9 Å². The third-order valence-electron chi connectivity index (χ3n) is 5.92. The number of rotatable bonds is 10. The number of ether oxygens (including phenoxy) is 1. The first kappa shape index (κ1) is 27.0. The van der Waals surface area contributed by atoms with E-state index < -0.39 is 11.8 Å². The number of nitrogens with one attached hydrogen (secondary N) is 2. The summed E-state index contributed by atoms with van der Waals surface area (Å²) >= 11 is 3.88. The van der Waals surface area contributed by atoms with Crippen molar-refractivity contribution in [2.24, 2.45) is 0 Å². The monoisotopic (exact) mass is 585 g/mol. The lowest BCUT2D eigenvalue weighted by Crippen LogP contribution is -2.24. The molecule has 3 heterocycles. The third kappa shape index (κ3) is 6.05. The Balaban J connectivity index is 1.32. The van der Waals surface area contributed by atoms with Crippen LogP contribution in [0.3, 0.4) is 0 Å². The van der Waals surface area contributed by atoms with Gasteiger partial charge in [-0.2, -0.15) is 0 Å². The lowest BCUT2D eigenvalue weighted by atomic mass is 10.1. The Morgan fingerprint density at radius 1 is 1.15 bits per heavy atom. The van der Waals surface area contributed by atoms with E-state index in [0.29, 0.717) is 32.1 Å². The molecule has 3 aromatic heterocycles. The molecule has 1 aliphatic carbocycles. The van der Waals surface area contributed by atoms with Crippen LogP contribution in [0.1, 0.15) is 49.6 Å². The van der Waals surface area contributed by atoms with Crippen molar-refractivity contribution >= 4 is 57.2 Å². The molecule has 0 spiro atoms. The van der Waals surface area contributed by atoms with E-state index in [2.05, 4.69) is 20.8 Å². The number of aromatic nitrogens is 3. The van der Waals surface area contributed by atoms with Crippen molar-refractivity contribution in [3.8, 4) is 5.69 Å². The summed E-state index contributed by atoms with van der Waals surface area (Å²) in [5.41, 5.74) is 2.00. The molecule has 0 bridgehead atoms. The minimum atomic E-state index is -0.426. The fourth-order valence-electron chi connectivity index (χ4n) is 4.22. The molecule has 0 fully saturated rings. The number of thioether (sulfide) groups is 1. The molecule has 13 heteroatoms. The molecule has 2 amide bonds. The zero-order valence-electron chi connectivity index (χ0n) is 20.9. The Hall–Kier alpha value is -3.55. The van der Waals surface area contributed by atoms with E-state index in [9.17, 15) is 18.8 Å². The summed E-state index contributed by atoms with van der Waals surface area (Å²) in [6, 6.07) is 9.30. The van der Waals surface area contributed by atoms with Crippen LogP contribution in [-0.2, 0) is 28.9 Å². The average Bonchev–Trinajstić information content (AvgIpc) is 3.71. The van der Waals surface area contributed by atoms with Crippen LogP contribution < -0.4 is 10.6 Å². The number of hydrogen-bond donors (Lipinski definition) is 2. The number of hydrogen-bond acceptors (Lipinski definition) is 9. The van der Waals surface area contributed by atoms with Crippen LogP contribution in [0, 0.1) is 5.82 Å². The van der Waals surface area contributed by atoms with Crippen LogP contribution in [0.2, 0.25) is 0 Å². The van der Waals surface area contributed by atoms with E-state index in [-0.39, 0.29) is 30.7 Å². The molecule has 0 atom stereocenters. The number of carbonyl (C=O) groups excluding carboxylic acids is 3. The predicted octanol–water partition coefficient (Wildman–Crippen LogP) is 4.86. The van der Waals surface area contributed by atoms with Crippen molar-refractivity contribution in [3.05, 3.63) is 74.3 Å². The number of esters is 1. The first-order valence-electron chi connectivity index (χ1n) is 12.2. The zero-order valence-corrected chi connectivity index (χ0v) is 23.3. The molecule has 0 radical (unpaired) electrons. The summed E-state index contributed by atoms with van der Waals surface area (Å²) in [5, 5.41) is 16.9. The molecule has 5 rings (SSSR count). The van der Waals surface area contributed by atoms with Gasteiger partial charge in [-0.05, 0) is 67.5 Å². The summed E-state index contributed by atoms with van der Waals surface area (Å²) in [4.78, 5) is 39.7. The fourth-order valence-corrected chi connectivity index (χ4v) is 6.92. The Morgan fingerprint density at radius 3 is 2.72 bits per heavy atom. The van der Waals surface area contributed by atoms with Crippen molar-refractivity contribution in [1.29, 1.82) is 0 Å². The number of aryl methyl sites for hydroxylation is 1. The number of amides is 2. The van der Waals surface area contributed by atoms with Gasteiger partial charge in [-0.3, -0.25) is 14.2 Å². The number of benzene rings is 1. The van der Waals surface area contributed by atoms with Gasteiger partial charge in [0.25, 0.3) is 5.91 Å². The van der Waals surface area contributed by atoms with Gasteiger partial charge < -0.3 is 15.4 Å². The number of carbonyl (C=O) groups is 3. The van der Waals surface area contributed by atoms with Crippen LogP contribution >= 0.6 is 34.4 Å². The van der Waals surface area contributed by atoms with Crippen LogP contribution in [0.15, 0.2) is 46.9 Å². The molecule has 0 saturated carbocycles. The molecule has 9 nitrogen and oxygen atoms in total. The summed E-state index contributed by atoms with van der Waals surface area (Å²) in [6.07, 6.45) is 2.65. The van der Waals surface area contributed by atoms with E-state index in [4.69, 9.17) is 4.74 Å². The highest BCUT2D eigenvalue weighted by molar-refractivity contribution is 7.99. The number of halogens is 1. The molecule has 202 valence electrons. The largest absolute Gasteiger partial charge is 0.462 e. The molecule has 1 aromatic carbocycles. The highest BCUT2D eigenvalue weighted by Crippen LogP contribution is 2.39. The highest BCUT2D eigenvalue weighted by Gasteiger charge is 2.28. The van der Waals surface area contributed by atoms with Gasteiger partial charge in [0.2, 0.25) is 5.91 Å². The second-order valence-corrected chi connectivity index (χ2v) is 11.5. The van der Waals surface area contributed by atoms with Gasteiger partial charge in [-0.15, -0.1) is 32.9 Å². The van der Waals surface area contributed by atoms with Gasteiger partial charge in [0, 0.05) is 10.6 Å². The minimum absolute atomic E-state index is 0.00822. The summed E-state index contributed by atoms with van der Waals surface area (Å²) in [7, 11) is 0. The molecular weight excluding hydrogens is 562 g/mol. The van der Waals surface area contributed by atoms with Crippen LogP contribution in [0.4, 0.5) is 9.39 Å². The lowest BCUT2D eigenvalue weighted by molar-refractivity contribution is -0.113. The number of fused-ring (bicyclic) bond motifs is 1. The molecule has 39 heavy (non-hydrogen) atoms. The lowest BCUT2D eigenvalue weighted by Gasteiger charge is -2.11. The predicted molar refractivity (Wildman–Crippen MR) is 148 cm³/mol. The molecule has 2 N–H and O–H groups in total. The Morgan fingerprint density at radius 2 is 1.97 bits per heavy atom. The molecular formula is C26H24FN5O4S3. The first-order valence-corrected chi connectivity index (χ1v) is 14.9. The van der Waals surface area contributed by atoms with Gasteiger partial charge in [0.15, 0.2) is 11.0 Å². The van der Waals surface area contributed by atoms with Crippen LogP contribution in [0.25, 0.3) is 5.69 Å². The van der Waals surface area contributed by atoms with Crippen LogP contribution in [0.5, 0.6) is 0 Å². The van der Waals surface area contributed by atoms with Gasteiger partial charge >= 0.3 is 5.97 Å². The van der Waals surface area contributed by atoms with Crippen molar-refractivity contribution < 1.29 is 23.5 Å². The van der Waals surface area contributed by atoms with Crippen molar-refractivity contribution in [1.82, 2.24) is 20.1 Å². The second-order valence-electron chi connectivity index (χ2n) is 8.49. The topological polar surface area (TPSA) is 115 Å².